The van der Waals surface area contributed by atoms with E-state index in [1.54, 1.807) is 0 Å². The third-order valence-electron chi connectivity index (χ3n) is 4.68. The van der Waals surface area contributed by atoms with Crippen molar-refractivity contribution in [2.45, 2.75) is 25.9 Å². The predicted molar refractivity (Wildman–Crippen MR) is 118 cm³/mol. The Balaban J connectivity index is 0.00000225. The molecule has 0 saturated heterocycles. The third kappa shape index (κ3) is 4.22. The van der Waals surface area contributed by atoms with Gasteiger partial charge in [0.05, 0.1) is 0 Å². The van der Waals surface area contributed by atoms with Gasteiger partial charge in [0.1, 0.15) is 0 Å². The van der Waals surface area contributed by atoms with Gasteiger partial charge in [-0.1, -0.05) is 88.4 Å². The SMILES string of the molecule is CC(C)(C)P1C(c2ccccc2)=[C-]/C1=C(\c1[c-]cccc1)c1ccccc1.[Zr+2]. The summed E-state index contributed by atoms with van der Waals surface area (Å²) in [6, 6.07) is 33.1. The predicted octanol–water partition coefficient (Wildman–Crippen LogP) is 7.38. The van der Waals surface area contributed by atoms with Gasteiger partial charge in [-0.05, 0) is 5.16 Å². The van der Waals surface area contributed by atoms with E-state index in [0.29, 0.717) is 0 Å². The average molecular weight is 458 g/mol. The molecule has 1 atom stereocenters. The van der Waals surface area contributed by atoms with E-state index in [4.69, 9.17) is 0 Å². The summed E-state index contributed by atoms with van der Waals surface area (Å²) in [6.45, 7) is 7.04. The number of allylic oxidation sites excluding steroid dienone is 2. The van der Waals surface area contributed by atoms with Gasteiger partial charge < -0.3 is 0 Å². The molecule has 2 heteroatoms. The summed E-state index contributed by atoms with van der Waals surface area (Å²) in [4.78, 5) is 0. The van der Waals surface area contributed by atoms with Crippen LogP contribution >= 0.6 is 7.92 Å². The van der Waals surface area contributed by atoms with Crippen LogP contribution in [0.3, 0.4) is 0 Å². The van der Waals surface area contributed by atoms with Gasteiger partial charge in [-0.15, -0.1) is 64.2 Å². The minimum Gasteiger partial charge on any atom is -0.163 e. The fourth-order valence-electron chi connectivity index (χ4n) is 3.50. The van der Waals surface area contributed by atoms with E-state index in [9.17, 15) is 0 Å². The molecule has 0 fully saturated rings. The van der Waals surface area contributed by atoms with E-state index in [2.05, 4.69) is 106 Å². The number of benzene rings is 3. The maximum atomic E-state index is 3.75. The molecule has 1 heterocycles. The summed E-state index contributed by atoms with van der Waals surface area (Å²) in [6.07, 6.45) is 3.75. The van der Waals surface area contributed by atoms with Crippen LogP contribution in [-0.4, -0.2) is 5.16 Å². The zero-order chi connectivity index (χ0) is 18.9. The van der Waals surface area contributed by atoms with Crippen LogP contribution in [0.15, 0.2) is 90.2 Å². The van der Waals surface area contributed by atoms with Crippen molar-refractivity contribution >= 4 is 18.8 Å². The second-order valence-electron chi connectivity index (χ2n) is 7.71. The molecular formula is C26H23PZr. The summed E-state index contributed by atoms with van der Waals surface area (Å²) in [5.74, 6) is 0. The minimum absolute atomic E-state index is 0. The zero-order valence-electron chi connectivity index (χ0n) is 16.5. The van der Waals surface area contributed by atoms with E-state index in [-0.39, 0.29) is 31.4 Å². The van der Waals surface area contributed by atoms with Crippen LogP contribution in [0.1, 0.15) is 37.5 Å². The summed E-state index contributed by atoms with van der Waals surface area (Å²) in [5, 5.41) is 2.90. The standard InChI is InChI=1S/C26H23P.Zr/c1-26(2,3)27-23(20-13-7-4-8-14-20)19-24(27)25(21-15-9-5-10-16-21)22-17-11-6-12-18-22;/h4-17H,1-3H3;/q-2;+2/b25-24+;. The molecule has 28 heavy (non-hydrogen) atoms. The van der Waals surface area contributed by atoms with Crippen LogP contribution in [0.4, 0.5) is 0 Å². The van der Waals surface area contributed by atoms with Gasteiger partial charge in [0.2, 0.25) is 0 Å². The molecule has 0 aliphatic carbocycles. The zero-order valence-corrected chi connectivity index (χ0v) is 19.9. The Morgan fingerprint density at radius 3 is 1.96 bits per heavy atom. The molecule has 1 aliphatic rings. The first kappa shape index (κ1) is 21.2. The van der Waals surface area contributed by atoms with E-state index < -0.39 is 7.92 Å². The van der Waals surface area contributed by atoms with Crippen LogP contribution in [0, 0.1) is 12.1 Å². The van der Waals surface area contributed by atoms with Crippen molar-refractivity contribution in [2.75, 3.05) is 0 Å². The Hall–Kier alpha value is -1.55. The molecule has 136 valence electrons. The molecule has 0 radical (unpaired) electrons. The third-order valence-corrected chi connectivity index (χ3v) is 7.62. The molecular weight excluding hydrogens is 434 g/mol. The second-order valence-corrected chi connectivity index (χ2v) is 10.6. The Kier molecular flexibility index (Phi) is 6.70. The average Bonchev–Trinajstić information content (AvgIpc) is 2.65. The molecule has 3 aromatic carbocycles. The smallest absolute Gasteiger partial charge is 0.163 e. The quantitative estimate of drug-likeness (QED) is 0.284. The molecule has 0 bridgehead atoms. The maximum absolute atomic E-state index is 3.75. The van der Waals surface area contributed by atoms with Gasteiger partial charge >= 0.3 is 26.2 Å². The van der Waals surface area contributed by atoms with Crippen molar-refractivity contribution in [1.29, 1.82) is 0 Å². The molecule has 0 amide bonds. The Morgan fingerprint density at radius 1 is 0.786 bits per heavy atom. The Labute approximate surface area is 189 Å². The fourth-order valence-corrected chi connectivity index (χ4v) is 6.22. The molecule has 1 unspecified atom stereocenters. The Bertz CT molecular complexity index is 939. The molecule has 0 saturated carbocycles. The summed E-state index contributed by atoms with van der Waals surface area (Å²) in [5.41, 5.74) is 4.96. The summed E-state index contributed by atoms with van der Waals surface area (Å²) < 4.78 is 0. The van der Waals surface area contributed by atoms with Gasteiger partial charge in [0.25, 0.3) is 0 Å². The van der Waals surface area contributed by atoms with Crippen LogP contribution in [0.5, 0.6) is 0 Å². The van der Waals surface area contributed by atoms with Gasteiger partial charge in [-0.3, -0.25) is 0 Å². The topological polar surface area (TPSA) is 0 Å². The first-order valence-electron chi connectivity index (χ1n) is 9.32. The largest absolute Gasteiger partial charge is 2.00 e. The first-order chi connectivity index (χ1) is 13.1. The molecule has 0 nitrogen and oxygen atoms in total. The van der Waals surface area contributed by atoms with Crippen molar-refractivity contribution in [1.82, 2.24) is 0 Å². The van der Waals surface area contributed by atoms with Crippen molar-refractivity contribution in [3.63, 3.8) is 0 Å². The van der Waals surface area contributed by atoms with Crippen LogP contribution in [0.2, 0.25) is 0 Å². The summed E-state index contributed by atoms with van der Waals surface area (Å²) >= 11 is 0. The molecule has 0 aromatic heterocycles. The van der Waals surface area contributed by atoms with E-state index in [1.165, 1.54) is 27.3 Å². The molecule has 0 spiro atoms. The van der Waals surface area contributed by atoms with Gasteiger partial charge in [-0.2, -0.15) is 6.08 Å². The van der Waals surface area contributed by atoms with E-state index in [1.807, 2.05) is 12.1 Å². The van der Waals surface area contributed by atoms with E-state index >= 15 is 0 Å². The molecule has 3 aromatic rings. The van der Waals surface area contributed by atoms with Gasteiger partial charge in [0.15, 0.2) is 0 Å². The Morgan fingerprint density at radius 2 is 1.39 bits per heavy atom. The molecule has 4 rings (SSSR count). The van der Waals surface area contributed by atoms with Crippen molar-refractivity contribution in [3.8, 4) is 0 Å². The van der Waals surface area contributed by atoms with Crippen LogP contribution in [-0.2, 0) is 26.2 Å². The number of rotatable bonds is 3. The van der Waals surface area contributed by atoms with Gasteiger partial charge in [-0.25, -0.2) is 0 Å². The number of hydrogen-bond acceptors (Lipinski definition) is 0. The van der Waals surface area contributed by atoms with Crippen LogP contribution < -0.4 is 0 Å². The van der Waals surface area contributed by atoms with Crippen LogP contribution in [0.25, 0.3) is 10.9 Å². The fraction of sp³-hybridized carbons (Fsp3) is 0.154. The molecule has 1 aliphatic heterocycles. The second kappa shape index (κ2) is 8.86. The van der Waals surface area contributed by atoms with Crippen molar-refractivity contribution in [3.05, 3.63) is 119 Å². The number of hydrogen-bond donors (Lipinski definition) is 0. The first-order valence-corrected chi connectivity index (χ1v) is 10.7. The minimum atomic E-state index is -0.463. The monoisotopic (exact) mass is 456 g/mol. The normalized spacial score (nSPS) is 17.8. The van der Waals surface area contributed by atoms with Crippen molar-refractivity contribution < 1.29 is 26.2 Å². The maximum Gasteiger partial charge on any atom is 2.00 e. The van der Waals surface area contributed by atoms with Crippen molar-refractivity contribution in [2.24, 2.45) is 0 Å². The summed E-state index contributed by atoms with van der Waals surface area (Å²) in [7, 11) is -0.463. The molecule has 0 N–H and O–H groups in total. The van der Waals surface area contributed by atoms with Gasteiger partial charge in [0, 0.05) is 0 Å². The van der Waals surface area contributed by atoms with E-state index in [0.717, 1.165) is 5.56 Å².